The van der Waals surface area contributed by atoms with Gasteiger partial charge in [-0.15, -0.1) is 0 Å². The summed E-state index contributed by atoms with van der Waals surface area (Å²) in [6.07, 6.45) is 0. The van der Waals surface area contributed by atoms with Crippen LogP contribution in [-0.2, 0) is 9.59 Å². The van der Waals surface area contributed by atoms with Gasteiger partial charge in [-0.2, -0.15) is 0 Å². The number of amides is 2. The molecule has 0 atom stereocenters. The summed E-state index contributed by atoms with van der Waals surface area (Å²) in [5.74, 6) is -1.11. The van der Waals surface area contributed by atoms with Gasteiger partial charge in [0.25, 0.3) is 5.91 Å². The van der Waals surface area contributed by atoms with E-state index in [9.17, 15) is 19.5 Å². The Morgan fingerprint density at radius 3 is 2.30 bits per heavy atom. The molecule has 9 nitrogen and oxygen atoms in total. The Balaban J connectivity index is 1.71. The van der Waals surface area contributed by atoms with Crippen molar-refractivity contribution in [2.75, 3.05) is 49.3 Å². The number of carboxylic acids is 1. The highest BCUT2D eigenvalue weighted by atomic mass is 16.4. The second kappa shape index (κ2) is 10.5. The van der Waals surface area contributed by atoms with E-state index in [1.165, 1.54) is 11.0 Å². The van der Waals surface area contributed by atoms with E-state index in [-0.39, 0.29) is 24.1 Å². The number of likely N-dealkylation sites (N-methyl/N-ethyl adjacent to an activating group) is 3. The number of carboxylic acid groups (broad SMARTS) is 1. The van der Waals surface area contributed by atoms with Crippen LogP contribution in [0.2, 0.25) is 0 Å². The highest BCUT2D eigenvalue weighted by molar-refractivity contribution is 6.37. The standard InChI is InChI=1S/C28H29N5O4/c1-5-31(2)23(34)17-32(3)20-13-11-19(12-14-20)29-25(18-9-7-6-8-10-18)24-21-15-16-22(28(36)37)30-26(21)33(4)27(24)35/h6-16,29H,5,17H2,1-4H3,(H,36,37). The molecule has 0 radical (unpaired) electrons. The van der Waals surface area contributed by atoms with Gasteiger partial charge in [-0.1, -0.05) is 30.3 Å². The van der Waals surface area contributed by atoms with Gasteiger partial charge in [0.05, 0.1) is 17.8 Å². The van der Waals surface area contributed by atoms with Crippen LogP contribution in [0.5, 0.6) is 0 Å². The van der Waals surface area contributed by atoms with Gasteiger partial charge in [0, 0.05) is 44.6 Å². The lowest BCUT2D eigenvalue weighted by Gasteiger charge is -2.23. The molecular weight excluding hydrogens is 470 g/mol. The SMILES string of the molecule is CCN(C)C(=O)CN(C)c1ccc(NC(=C2C(=O)N(C)c3nc(C(=O)O)ccc32)c2ccccc2)cc1. The molecule has 3 aromatic rings. The quantitative estimate of drug-likeness (QED) is 0.456. The minimum Gasteiger partial charge on any atom is -0.477 e. The van der Waals surface area contributed by atoms with Crippen LogP contribution in [0.4, 0.5) is 17.2 Å². The maximum Gasteiger partial charge on any atom is 0.354 e. The van der Waals surface area contributed by atoms with Gasteiger partial charge in [-0.3, -0.25) is 14.5 Å². The Labute approximate surface area is 215 Å². The van der Waals surface area contributed by atoms with E-state index >= 15 is 0 Å². The number of carbonyl (C=O) groups excluding carboxylic acids is 2. The number of anilines is 3. The van der Waals surface area contributed by atoms with Crippen LogP contribution in [0, 0.1) is 0 Å². The van der Waals surface area contributed by atoms with Crippen LogP contribution in [0.25, 0.3) is 11.3 Å². The number of rotatable bonds is 8. The molecule has 2 heterocycles. The third-order valence-electron chi connectivity index (χ3n) is 6.36. The fourth-order valence-electron chi connectivity index (χ4n) is 4.06. The molecule has 1 aromatic heterocycles. The Kier molecular flexibility index (Phi) is 7.24. The van der Waals surface area contributed by atoms with Gasteiger partial charge in [-0.25, -0.2) is 9.78 Å². The van der Waals surface area contributed by atoms with E-state index in [1.807, 2.05) is 73.5 Å². The van der Waals surface area contributed by atoms with Crippen molar-refractivity contribution in [2.45, 2.75) is 6.92 Å². The molecule has 0 spiro atoms. The number of carbonyl (C=O) groups is 3. The van der Waals surface area contributed by atoms with Gasteiger partial charge < -0.3 is 20.2 Å². The van der Waals surface area contributed by atoms with Crippen molar-refractivity contribution in [2.24, 2.45) is 0 Å². The molecule has 4 rings (SSSR count). The summed E-state index contributed by atoms with van der Waals surface area (Å²) in [6, 6.07) is 20.1. The van der Waals surface area contributed by atoms with Crippen molar-refractivity contribution in [3.05, 3.63) is 83.6 Å². The third-order valence-corrected chi connectivity index (χ3v) is 6.36. The van der Waals surface area contributed by atoms with Crippen LogP contribution in [0.3, 0.4) is 0 Å². The minimum atomic E-state index is -1.16. The van der Waals surface area contributed by atoms with Gasteiger partial charge >= 0.3 is 5.97 Å². The van der Waals surface area contributed by atoms with Gasteiger partial charge in [-0.05, 0) is 48.9 Å². The third kappa shape index (κ3) is 5.16. The minimum absolute atomic E-state index is 0.0329. The predicted molar refractivity (Wildman–Crippen MR) is 145 cm³/mol. The van der Waals surface area contributed by atoms with E-state index < -0.39 is 5.97 Å². The zero-order valence-corrected chi connectivity index (χ0v) is 21.2. The van der Waals surface area contributed by atoms with Gasteiger partial charge in [0.15, 0.2) is 5.69 Å². The average Bonchev–Trinajstić information content (AvgIpc) is 3.16. The number of fused-ring (bicyclic) bond motifs is 1. The van der Waals surface area contributed by atoms with Crippen molar-refractivity contribution in [1.82, 2.24) is 9.88 Å². The largest absolute Gasteiger partial charge is 0.477 e. The lowest BCUT2D eigenvalue weighted by atomic mass is 10.0. The molecule has 9 heteroatoms. The lowest BCUT2D eigenvalue weighted by molar-refractivity contribution is -0.128. The molecule has 2 aromatic carbocycles. The van der Waals surface area contributed by atoms with Crippen LogP contribution in [0.15, 0.2) is 66.7 Å². The van der Waals surface area contributed by atoms with Crippen LogP contribution < -0.4 is 15.1 Å². The van der Waals surface area contributed by atoms with E-state index in [0.717, 1.165) is 16.9 Å². The number of nitrogens with zero attached hydrogens (tertiary/aromatic N) is 4. The molecule has 1 aliphatic rings. The fourth-order valence-corrected chi connectivity index (χ4v) is 4.06. The highest BCUT2D eigenvalue weighted by Gasteiger charge is 2.35. The van der Waals surface area contributed by atoms with Crippen molar-refractivity contribution in [3.63, 3.8) is 0 Å². The molecule has 190 valence electrons. The van der Waals surface area contributed by atoms with Crippen molar-refractivity contribution < 1.29 is 19.5 Å². The summed E-state index contributed by atoms with van der Waals surface area (Å²) >= 11 is 0. The summed E-state index contributed by atoms with van der Waals surface area (Å²) in [5, 5.41) is 12.7. The fraction of sp³-hybridized carbons (Fsp3) is 0.214. The second-order valence-electron chi connectivity index (χ2n) is 8.79. The topological polar surface area (TPSA) is 106 Å². The Bertz CT molecular complexity index is 1370. The first-order valence-corrected chi connectivity index (χ1v) is 11.9. The molecular formula is C28H29N5O4. The summed E-state index contributed by atoms with van der Waals surface area (Å²) in [5.41, 5.74) is 3.84. The van der Waals surface area contributed by atoms with Crippen molar-refractivity contribution in [3.8, 4) is 0 Å². The second-order valence-corrected chi connectivity index (χ2v) is 8.79. The van der Waals surface area contributed by atoms with Crippen molar-refractivity contribution >= 4 is 46.2 Å². The zero-order valence-electron chi connectivity index (χ0n) is 21.2. The predicted octanol–water partition coefficient (Wildman–Crippen LogP) is 3.65. The number of hydrogen-bond donors (Lipinski definition) is 2. The molecule has 37 heavy (non-hydrogen) atoms. The normalized spacial score (nSPS) is 13.7. The first-order chi connectivity index (χ1) is 17.7. The van der Waals surface area contributed by atoms with Crippen LogP contribution in [0.1, 0.15) is 28.5 Å². The van der Waals surface area contributed by atoms with Gasteiger partial charge in [0.1, 0.15) is 5.82 Å². The number of pyridine rings is 1. The Morgan fingerprint density at radius 2 is 1.68 bits per heavy atom. The molecule has 0 saturated heterocycles. The molecule has 2 amide bonds. The first-order valence-electron chi connectivity index (χ1n) is 11.9. The average molecular weight is 500 g/mol. The van der Waals surface area contributed by atoms with E-state index in [4.69, 9.17) is 0 Å². The first kappa shape index (κ1) is 25.4. The number of benzene rings is 2. The molecule has 0 unspecified atom stereocenters. The molecule has 0 fully saturated rings. The molecule has 2 N–H and O–H groups in total. The summed E-state index contributed by atoms with van der Waals surface area (Å²) in [6.45, 7) is 2.85. The zero-order chi connectivity index (χ0) is 26.7. The van der Waals surface area contributed by atoms with Crippen LogP contribution >= 0.6 is 0 Å². The van der Waals surface area contributed by atoms with Gasteiger partial charge in [0.2, 0.25) is 5.91 Å². The molecule has 0 bridgehead atoms. The number of aromatic carboxylic acids is 1. The van der Waals surface area contributed by atoms with E-state index in [0.29, 0.717) is 29.2 Å². The monoisotopic (exact) mass is 499 g/mol. The Hall–Kier alpha value is -4.66. The van der Waals surface area contributed by atoms with Crippen LogP contribution in [-0.4, -0.2) is 67.0 Å². The van der Waals surface area contributed by atoms with Crippen molar-refractivity contribution in [1.29, 1.82) is 0 Å². The summed E-state index contributed by atoms with van der Waals surface area (Å²) in [4.78, 5) is 46.2. The highest BCUT2D eigenvalue weighted by Crippen LogP contribution is 2.39. The Morgan fingerprint density at radius 1 is 1.00 bits per heavy atom. The van der Waals surface area contributed by atoms with E-state index in [2.05, 4.69) is 10.3 Å². The molecule has 1 aliphatic heterocycles. The molecule has 0 aliphatic carbocycles. The smallest absolute Gasteiger partial charge is 0.354 e. The van der Waals surface area contributed by atoms with E-state index in [1.54, 1.807) is 25.1 Å². The molecule has 0 saturated carbocycles. The maximum atomic E-state index is 13.4. The lowest BCUT2D eigenvalue weighted by Crippen LogP contribution is -2.36. The maximum absolute atomic E-state index is 13.4. The summed E-state index contributed by atoms with van der Waals surface area (Å²) < 4.78 is 0. The number of nitrogens with one attached hydrogen (secondary N) is 1. The summed E-state index contributed by atoms with van der Waals surface area (Å²) in [7, 11) is 5.22. The number of aromatic nitrogens is 1. The number of hydrogen-bond acceptors (Lipinski definition) is 6.